The van der Waals surface area contributed by atoms with Crippen LogP contribution < -0.4 is 0 Å². The quantitative estimate of drug-likeness (QED) is 0.534. The zero-order chi connectivity index (χ0) is 18.6. The first-order valence-electron chi connectivity index (χ1n) is 10.4. The molecule has 26 heavy (non-hydrogen) atoms. The van der Waals surface area contributed by atoms with Crippen LogP contribution in [0.2, 0.25) is 0 Å². The summed E-state index contributed by atoms with van der Waals surface area (Å²) in [5, 5.41) is 11.2. The minimum absolute atomic E-state index is 0.0274. The summed E-state index contributed by atoms with van der Waals surface area (Å²) >= 11 is 3.78. The smallest absolute Gasteiger partial charge is 0.302 e. The van der Waals surface area contributed by atoms with E-state index in [0.717, 1.165) is 38.5 Å². The minimum Gasteiger partial charge on any atom is -0.461 e. The number of hydrogen-bond donors (Lipinski definition) is 1. The van der Waals surface area contributed by atoms with Gasteiger partial charge in [0.1, 0.15) is 6.10 Å². The molecule has 0 radical (unpaired) electrons. The second kappa shape index (κ2) is 7.04. The third kappa shape index (κ3) is 2.97. The van der Waals surface area contributed by atoms with E-state index < -0.39 is 0 Å². The van der Waals surface area contributed by atoms with Gasteiger partial charge in [0.05, 0.1) is 17.0 Å². The Hall–Kier alpha value is -0.130. The summed E-state index contributed by atoms with van der Waals surface area (Å²) < 4.78 is 11.3. The molecule has 0 aromatic heterocycles. The fourth-order valence-electron chi connectivity index (χ4n) is 7.34. The van der Waals surface area contributed by atoms with Crippen molar-refractivity contribution in [1.29, 1.82) is 0 Å². The number of carbonyl (C=O) groups excluding carboxylic acids is 1. The van der Waals surface area contributed by atoms with Crippen LogP contribution in [0.3, 0.4) is 0 Å². The van der Waals surface area contributed by atoms with Crippen LogP contribution in [0.1, 0.15) is 58.8 Å². The summed E-state index contributed by atoms with van der Waals surface area (Å²) in [6.07, 6.45) is 7.77. The van der Waals surface area contributed by atoms with Gasteiger partial charge in [0, 0.05) is 20.0 Å². The number of carbonyl (C=O) groups is 1. The summed E-state index contributed by atoms with van der Waals surface area (Å²) in [7, 11) is 1.82. The van der Waals surface area contributed by atoms with Crippen LogP contribution in [-0.4, -0.2) is 41.3 Å². The number of hydrogen-bond acceptors (Lipinski definition) is 4. The van der Waals surface area contributed by atoms with Crippen LogP contribution in [0.15, 0.2) is 0 Å². The molecule has 10 atom stereocenters. The number of fused-ring (bicyclic) bond motifs is 5. The SMILES string of the molecule is CO[C@H]1CC[C@@]2(C)C(CC(O)C3C4C[C@@H](Br)[C@H](OC(C)=O)[C@H]4CCC32)C1. The van der Waals surface area contributed by atoms with Crippen molar-refractivity contribution in [1.82, 2.24) is 0 Å². The number of esters is 1. The minimum atomic E-state index is -0.225. The molecule has 0 amide bonds. The predicted octanol–water partition coefficient (Wildman–Crippen LogP) is 3.93. The molecule has 4 aliphatic rings. The molecule has 0 spiro atoms. The normalized spacial score (nSPS) is 53.3. The zero-order valence-corrected chi connectivity index (χ0v) is 17.8. The fraction of sp³-hybridized carbons (Fsp3) is 0.952. The first-order chi connectivity index (χ1) is 12.3. The van der Waals surface area contributed by atoms with Gasteiger partial charge in [-0.15, -0.1) is 0 Å². The molecule has 0 aromatic carbocycles. The average Bonchev–Trinajstić information content (AvgIpc) is 2.90. The van der Waals surface area contributed by atoms with Crippen molar-refractivity contribution in [3.8, 4) is 0 Å². The van der Waals surface area contributed by atoms with E-state index in [9.17, 15) is 9.90 Å². The molecule has 148 valence electrons. The third-order valence-corrected chi connectivity index (χ3v) is 9.43. The Labute approximate surface area is 165 Å². The van der Waals surface area contributed by atoms with Gasteiger partial charge in [-0.25, -0.2) is 0 Å². The van der Waals surface area contributed by atoms with Gasteiger partial charge in [0.2, 0.25) is 0 Å². The largest absolute Gasteiger partial charge is 0.461 e. The summed E-state index contributed by atoms with van der Waals surface area (Å²) in [5.41, 5.74) is 0.325. The maximum Gasteiger partial charge on any atom is 0.302 e. The molecule has 0 heterocycles. The van der Waals surface area contributed by atoms with Crippen molar-refractivity contribution >= 4 is 21.9 Å². The lowest BCUT2D eigenvalue weighted by molar-refractivity contribution is -0.168. The van der Waals surface area contributed by atoms with E-state index in [-0.39, 0.29) is 23.0 Å². The van der Waals surface area contributed by atoms with Crippen molar-refractivity contribution in [2.45, 2.75) is 81.9 Å². The van der Waals surface area contributed by atoms with Crippen molar-refractivity contribution in [2.24, 2.45) is 35.0 Å². The van der Waals surface area contributed by atoms with Gasteiger partial charge < -0.3 is 14.6 Å². The highest BCUT2D eigenvalue weighted by Gasteiger charge is 2.61. The fourth-order valence-corrected chi connectivity index (χ4v) is 8.27. The first-order valence-corrected chi connectivity index (χ1v) is 11.3. The number of rotatable bonds is 2. The molecule has 4 rings (SSSR count). The average molecular weight is 429 g/mol. The van der Waals surface area contributed by atoms with E-state index >= 15 is 0 Å². The summed E-state index contributed by atoms with van der Waals surface area (Å²) in [6, 6.07) is 0. The highest BCUT2D eigenvalue weighted by Crippen LogP contribution is 2.63. The predicted molar refractivity (Wildman–Crippen MR) is 103 cm³/mol. The van der Waals surface area contributed by atoms with Crippen LogP contribution >= 0.6 is 15.9 Å². The number of aliphatic hydroxyl groups is 1. The number of aliphatic hydroxyl groups excluding tert-OH is 1. The summed E-state index contributed by atoms with van der Waals surface area (Å²) in [6.45, 7) is 3.99. The maximum absolute atomic E-state index is 11.6. The van der Waals surface area contributed by atoms with E-state index in [0.29, 0.717) is 41.1 Å². The number of halogens is 1. The molecule has 4 saturated carbocycles. The van der Waals surface area contributed by atoms with Crippen molar-refractivity contribution < 1.29 is 19.4 Å². The Kier molecular flexibility index (Phi) is 5.20. The van der Waals surface area contributed by atoms with E-state index in [4.69, 9.17) is 9.47 Å². The van der Waals surface area contributed by atoms with E-state index in [2.05, 4.69) is 22.9 Å². The van der Waals surface area contributed by atoms with Gasteiger partial charge in [-0.3, -0.25) is 4.79 Å². The first kappa shape index (κ1) is 19.2. The zero-order valence-electron chi connectivity index (χ0n) is 16.2. The molecular weight excluding hydrogens is 396 g/mol. The Bertz CT molecular complexity index is 554. The van der Waals surface area contributed by atoms with Crippen LogP contribution in [0.25, 0.3) is 0 Å². The topological polar surface area (TPSA) is 55.8 Å². The van der Waals surface area contributed by atoms with Crippen LogP contribution in [0.5, 0.6) is 0 Å². The third-order valence-electron chi connectivity index (χ3n) is 8.53. The van der Waals surface area contributed by atoms with Gasteiger partial charge in [-0.1, -0.05) is 22.9 Å². The standard InChI is InChI=1S/C21H33BrO4/c1-11(23)26-20-14-4-5-16-19(15(14)10-17(20)22)18(24)9-12-8-13(25-3)6-7-21(12,16)2/h12-20,24H,4-10H2,1-3H3/t12?,13-,14-,15?,16?,17+,18?,19?,20+,21-/m0/s1. The van der Waals surface area contributed by atoms with Crippen LogP contribution in [0.4, 0.5) is 0 Å². The molecule has 4 fully saturated rings. The molecule has 0 aromatic rings. The van der Waals surface area contributed by atoms with Gasteiger partial charge in [0.15, 0.2) is 0 Å². The van der Waals surface area contributed by atoms with Crippen LogP contribution in [-0.2, 0) is 14.3 Å². The van der Waals surface area contributed by atoms with Crippen LogP contribution in [0, 0.1) is 35.0 Å². The van der Waals surface area contributed by atoms with Crippen molar-refractivity contribution in [2.75, 3.05) is 7.11 Å². The Morgan fingerprint density at radius 1 is 1.15 bits per heavy atom. The second-order valence-electron chi connectivity index (χ2n) is 9.55. The molecule has 4 nitrogen and oxygen atoms in total. The Balaban J connectivity index is 1.58. The summed E-state index contributed by atoms with van der Waals surface area (Å²) in [4.78, 5) is 11.8. The molecule has 5 unspecified atom stereocenters. The molecule has 4 aliphatic carbocycles. The lowest BCUT2D eigenvalue weighted by Gasteiger charge is -2.60. The van der Waals surface area contributed by atoms with Crippen molar-refractivity contribution in [3.63, 3.8) is 0 Å². The molecule has 0 saturated heterocycles. The molecule has 0 bridgehead atoms. The number of methoxy groups -OCH3 is 1. The van der Waals surface area contributed by atoms with Crippen molar-refractivity contribution in [3.05, 3.63) is 0 Å². The van der Waals surface area contributed by atoms with Gasteiger partial charge in [0.25, 0.3) is 0 Å². The molecule has 0 aliphatic heterocycles. The lowest BCUT2D eigenvalue weighted by Crippen LogP contribution is -2.57. The van der Waals surface area contributed by atoms with E-state index in [1.165, 1.54) is 13.3 Å². The Morgan fingerprint density at radius 3 is 2.62 bits per heavy atom. The van der Waals surface area contributed by atoms with E-state index in [1.54, 1.807) is 0 Å². The highest BCUT2D eigenvalue weighted by atomic mass is 79.9. The lowest BCUT2D eigenvalue weighted by atomic mass is 9.46. The molecular formula is C21H33BrO4. The van der Waals surface area contributed by atoms with E-state index in [1.807, 2.05) is 7.11 Å². The van der Waals surface area contributed by atoms with Gasteiger partial charge in [-0.05, 0) is 74.0 Å². The second-order valence-corrected chi connectivity index (χ2v) is 10.7. The Morgan fingerprint density at radius 2 is 1.92 bits per heavy atom. The molecule has 1 N–H and O–H groups in total. The highest BCUT2D eigenvalue weighted by molar-refractivity contribution is 9.09. The molecule has 5 heteroatoms. The van der Waals surface area contributed by atoms with Gasteiger partial charge in [-0.2, -0.15) is 0 Å². The summed E-state index contributed by atoms with van der Waals surface area (Å²) in [5.74, 6) is 2.20. The number of ether oxygens (including phenoxy) is 2. The monoisotopic (exact) mass is 428 g/mol. The van der Waals surface area contributed by atoms with Gasteiger partial charge >= 0.3 is 5.97 Å². The maximum atomic E-state index is 11.6. The number of alkyl halides is 1.